The Kier molecular flexibility index (Phi) is 8.62. The number of allylic oxidation sites excluding steroid dienone is 3. The highest BCUT2D eigenvalue weighted by Crippen LogP contribution is 2.23. The molecule has 0 fully saturated rings. The van der Waals surface area contributed by atoms with Crippen LogP contribution in [0.25, 0.3) is 10.9 Å². The number of nitrogens with zero attached hydrogens (tertiary/aromatic N) is 3. The van der Waals surface area contributed by atoms with Crippen LogP contribution in [0.5, 0.6) is 0 Å². The number of ether oxygens (including phenoxy) is 1. The normalized spacial score (nSPS) is 17.1. The Morgan fingerprint density at radius 3 is 2.64 bits per heavy atom. The van der Waals surface area contributed by atoms with E-state index < -0.39 is 29.3 Å². The second-order valence-corrected chi connectivity index (χ2v) is 9.15. The van der Waals surface area contributed by atoms with Gasteiger partial charge >= 0.3 is 5.97 Å². The van der Waals surface area contributed by atoms with Gasteiger partial charge in [0.1, 0.15) is 18.4 Å². The number of amides is 2. The molecule has 1 heterocycles. The number of halogens is 2. The van der Waals surface area contributed by atoms with Crippen LogP contribution in [0.2, 0.25) is 0 Å². The number of esters is 1. The molecule has 9 nitrogen and oxygen atoms in total. The second-order valence-electron chi connectivity index (χ2n) is 8.65. The average Bonchev–Trinajstić information content (AvgIpc) is 3.20. The van der Waals surface area contributed by atoms with Crippen molar-refractivity contribution < 1.29 is 28.3 Å². The van der Waals surface area contributed by atoms with E-state index >= 15 is 0 Å². The van der Waals surface area contributed by atoms with E-state index in [1.54, 1.807) is 32.1 Å². The summed E-state index contributed by atoms with van der Waals surface area (Å²) in [4.78, 5) is 51.2. The van der Waals surface area contributed by atoms with Crippen molar-refractivity contribution in [2.75, 3.05) is 20.2 Å². The predicted octanol–water partition coefficient (Wildman–Crippen LogP) is 2.82. The van der Waals surface area contributed by atoms with Crippen molar-refractivity contribution in [2.24, 2.45) is 0 Å². The Labute approximate surface area is 212 Å². The summed E-state index contributed by atoms with van der Waals surface area (Å²) in [6, 6.07) is 4.29. The van der Waals surface area contributed by atoms with Gasteiger partial charge in [0, 0.05) is 24.9 Å². The second kappa shape index (κ2) is 11.5. The number of aromatic nitrogens is 2. The fourth-order valence-electron chi connectivity index (χ4n) is 3.83. The molecular weight excluding hydrogens is 491 g/mol. The zero-order valence-corrected chi connectivity index (χ0v) is 21.2. The van der Waals surface area contributed by atoms with Gasteiger partial charge < -0.3 is 15.0 Å². The van der Waals surface area contributed by atoms with Gasteiger partial charge in [-0.25, -0.2) is 9.18 Å². The van der Waals surface area contributed by atoms with Crippen molar-refractivity contribution >= 4 is 46.1 Å². The highest BCUT2D eigenvalue weighted by molar-refractivity contribution is 6.22. The van der Waals surface area contributed by atoms with Gasteiger partial charge in [-0.3, -0.25) is 19.1 Å². The Balaban J connectivity index is 1.75. The standard InChI is InChI=1S/C25H28ClFN4O5/c1-14(2)30(12-21(33)28-11-17-6-5-7-19(26)23(17)27)22(34)13-31-20-9-8-16(25(35)36-4)10-18(20)24(29-31)15(3)32/h5-10,14,19,23H,11-13H2,1-4H3,(H,28,33). The van der Waals surface area contributed by atoms with Crippen LogP contribution in [0.3, 0.4) is 0 Å². The van der Waals surface area contributed by atoms with E-state index in [0.717, 1.165) is 0 Å². The van der Waals surface area contributed by atoms with Crippen molar-refractivity contribution in [3.8, 4) is 0 Å². The quantitative estimate of drug-likeness (QED) is 0.310. The Morgan fingerprint density at radius 1 is 1.28 bits per heavy atom. The van der Waals surface area contributed by atoms with Crippen LogP contribution in [-0.4, -0.2) is 76.0 Å². The molecule has 0 saturated heterocycles. The maximum atomic E-state index is 14.2. The van der Waals surface area contributed by atoms with Crippen molar-refractivity contribution in [1.82, 2.24) is 20.0 Å². The molecule has 11 heteroatoms. The molecule has 2 unspecified atom stereocenters. The monoisotopic (exact) mass is 518 g/mol. The number of methoxy groups -OCH3 is 1. The van der Waals surface area contributed by atoms with Gasteiger partial charge in [-0.15, -0.1) is 11.6 Å². The molecule has 2 amide bonds. The molecule has 0 aliphatic heterocycles. The lowest BCUT2D eigenvalue weighted by Crippen LogP contribution is -2.46. The molecule has 2 atom stereocenters. The van der Waals surface area contributed by atoms with Gasteiger partial charge in [-0.1, -0.05) is 18.2 Å². The number of ketones is 1. The number of hydrogen-bond acceptors (Lipinski definition) is 6. The Morgan fingerprint density at radius 2 is 2.00 bits per heavy atom. The van der Waals surface area contributed by atoms with Crippen molar-refractivity contribution in [3.63, 3.8) is 0 Å². The molecule has 0 spiro atoms. The fourth-order valence-corrected chi connectivity index (χ4v) is 4.08. The molecule has 2 aromatic rings. The number of carbonyl (C=O) groups excluding carboxylic acids is 4. The number of benzene rings is 1. The largest absolute Gasteiger partial charge is 0.465 e. The first-order valence-electron chi connectivity index (χ1n) is 11.3. The van der Waals surface area contributed by atoms with E-state index in [9.17, 15) is 23.6 Å². The van der Waals surface area contributed by atoms with Crippen LogP contribution in [0.15, 0.2) is 42.0 Å². The molecule has 1 aromatic carbocycles. The molecule has 1 aliphatic carbocycles. The van der Waals surface area contributed by atoms with Crippen molar-refractivity contribution in [3.05, 3.63) is 53.3 Å². The van der Waals surface area contributed by atoms with Crippen LogP contribution in [0.1, 0.15) is 41.6 Å². The molecule has 0 bridgehead atoms. The molecule has 3 rings (SSSR count). The maximum absolute atomic E-state index is 14.2. The summed E-state index contributed by atoms with van der Waals surface area (Å²) in [5.74, 6) is -1.75. The molecule has 36 heavy (non-hydrogen) atoms. The van der Waals surface area contributed by atoms with Crippen molar-refractivity contribution in [2.45, 2.75) is 44.9 Å². The van der Waals surface area contributed by atoms with Crippen LogP contribution in [-0.2, 0) is 20.9 Å². The summed E-state index contributed by atoms with van der Waals surface area (Å²) >= 11 is 5.90. The van der Waals surface area contributed by atoms with Gasteiger partial charge in [0.15, 0.2) is 5.78 Å². The first-order valence-corrected chi connectivity index (χ1v) is 11.8. The van der Waals surface area contributed by atoms with Crippen LogP contribution in [0.4, 0.5) is 4.39 Å². The lowest BCUT2D eigenvalue weighted by molar-refractivity contribution is -0.138. The molecule has 1 N–H and O–H groups in total. The van der Waals surface area contributed by atoms with Crippen LogP contribution >= 0.6 is 11.6 Å². The van der Waals surface area contributed by atoms with Gasteiger partial charge in [0.25, 0.3) is 0 Å². The highest BCUT2D eigenvalue weighted by atomic mass is 35.5. The van der Waals surface area contributed by atoms with E-state index in [2.05, 4.69) is 10.4 Å². The van der Waals surface area contributed by atoms with E-state index in [0.29, 0.717) is 16.5 Å². The maximum Gasteiger partial charge on any atom is 0.337 e. The molecule has 0 radical (unpaired) electrons. The van der Waals surface area contributed by atoms with Gasteiger partial charge in [-0.2, -0.15) is 5.10 Å². The smallest absolute Gasteiger partial charge is 0.337 e. The Bertz CT molecular complexity index is 1250. The summed E-state index contributed by atoms with van der Waals surface area (Å²) in [6.07, 6.45) is 3.33. The zero-order valence-electron chi connectivity index (χ0n) is 20.5. The minimum atomic E-state index is -1.40. The number of hydrogen-bond donors (Lipinski definition) is 1. The van der Waals surface area contributed by atoms with E-state index in [4.69, 9.17) is 16.3 Å². The molecule has 1 aliphatic rings. The summed E-state index contributed by atoms with van der Waals surface area (Å²) in [5, 5.41) is 6.55. The molecule has 192 valence electrons. The topological polar surface area (TPSA) is 111 Å². The lowest BCUT2D eigenvalue weighted by Gasteiger charge is -2.26. The SMILES string of the molecule is COC(=O)c1ccc2c(c1)c(C(C)=O)nn2CC(=O)N(CC(=O)NCC1=CC=CC(Cl)C1F)C(C)C. The summed E-state index contributed by atoms with van der Waals surface area (Å²) in [6.45, 7) is 4.37. The summed E-state index contributed by atoms with van der Waals surface area (Å²) in [5.41, 5.74) is 1.19. The Hall–Kier alpha value is -3.53. The van der Waals surface area contributed by atoms with Crippen LogP contribution in [0, 0.1) is 0 Å². The number of nitrogens with one attached hydrogen (secondary N) is 1. The van der Waals surface area contributed by atoms with E-state index in [-0.39, 0.29) is 42.7 Å². The first kappa shape index (κ1) is 27.1. The summed E-state index contributed by atoms with van der Waals surface area (Å²) in [7, 11) is 1.25. The third kappa shape index (κ3) is 5.99. The molecular formula is C25H28ClFN4O5. The summed E-state index contributed by atoms with van der Waals surface area (Å²) < 4.78 is 20.3. The third-order valence-electron chi connectivity index (χ3n) is 5.78. The van der Waals surface area contributed by atoms with Gasteiger partial charge in [-0.05, 0) is 37.6 Å². The number of carbonyl (C=O) groups is 4. The zero-order chi connectivity index (χ0) is 26.6. The number of rotatable bonds is 9. The minimum absolute atomic E-state index is 0.0258. The van der Waals surface area contributed by atoms with Gasteiger partial charge in [0.2, 0.25) is 11.8 Å². The predicted molar refractivity (Wildman–Crippen MR) is 133 cm³/mol. The third-order valence-corrected chi connectivity index (χ3v) is 6.14. The number of alkyl halides is 2. The molecule has 0 saturated carbocycles. The van der Waals surface area contributed by atoms with E-state index in [1.807, 2.05) is 0 Å². The minimum Gasteiger partial charge on any atom is -0.465 e. The van der Waals surface area contributed by atoms with E-state index in [1.165, 1.54) is 41.8 Å². The number of fused-ring (bicyclic) bond motifs is 1. The van der Waals surface area contributed by atoms with Crippen molar-refractivity contribution in [1.29, 1.82) is 0 Å². The van der Waals surface area contributed by atoms with Crippen LogP contribution < -0.4 is 5.32 Å². The average molecular weight is 519 g/mol. The highest BCUT2D eigenvalue weighted by Gasteiger charge is 2.26. The molecule has 1 aromatic heterocycles. The van der Waals surface area contributed by atoms with Gasteiger partial charge in [0.05, 0.1) is 30.1 Å². The fraction of sp³-hybridized carbons (Fsp3) is 0.400. The lowest BCUT2D eigenvalue weighted by atomic mass is 10.0. The first-order chi connectivity index (χ1) is 17.0. The number of Topliss-reactive ketones (excluding diaryl/α,β-unsaturated/α-hetero) is 1.